The molecule has 3 nitrogen and oxygen atoms in total. The first kappa shape index (κ1) is 48.7. The van der Waals surface area contributed by atoms with Crippen LogP contribution < -0.4 is 0 Å². The van der Waals surface area contributed by atoms with E-state index in [1.165, 1.54) is 107 Å². The third-order valence-electron chi connectivity index (χ3n) is 10.3. The van der Waals surface area contributed by atoms with E-state index in [1.807, 2.05) is 94.1 Å². The van der Waals surface area contributed by atoms with Gasteiger partial charge in [0.1, 0.15) is 5.66 Å². The van der Waals surface area contributed by atoms with Gasteiger partial charge in [0.05, 0.1) is 59.8 Å². The first-order chi connectivity index (χ1) is 29.9. The van der Waals surface area contributed by atoms with Gasteiger partial charge in [0.25, 0.3) is 0 Å². The molecule has 0 N–H and O–H groups in total. The fourth-order valence-corrected chi connectivity index (χ4v) is 28.8. The van der Waals surface area contributed by atoms with Gasteiger partial charge < -0.3 is 9.05 Å². The molecule has 0 spiro atoms. The normalized spacial score (nSPS) is 20.0. The largest absolute Gasteiger partial charge is 0.342 e. The van der Waals surface area contributed by atoms with Gasteiger partial charge in [-0.3, -0.25) is 4.57 Å². The highest BCUT2D eigenvalue weighted by Crippen LogP contribution is 2.76. The van der Waals surface area contributed by atoms with Crippen molar-refractivity contribution in [3.63, 3.8) is 0 Å². The maximum Gasteiger partial charge on any atom is 0.342 e. The van der Waals surface area contributed by atoms with E-state index in [2.05, 4.69) is 123 Å². The summed E-state index contributed by atoms with van der Waals surface area (Å²) in [5, 5.41) is 0. The molecule has 0 amide bonds. The minimum absolute atomic E-state index is 0.434. The minimum atomic E-state index is -3.54. The quantitative estimate of drug-likeness (QED) is 0.0879. The second-order valence-corrected chi connectivity index (χ2v) is 32.2. The Bertz CT molecular complexity index is 2060. The van der Waals surface area contributed by atoms with E-state index in [9.17, 15) is 4.57 Å². The molecule has 8 rings (SSSR count). The lowest BCUT2D eigenvalue weighted by molar-refractivity contribution is 0.195. The lowest BCUT2D eigenvalue weighted by atomic mass is 9.82. The monoisotopic (exact) mass is 1060 g/mol. The smallest absolute Gasteiger partial charge is 0.308 e. The van der Waals surface area contributed by atoms with Crippen molar-refractivity contribution in [2.45, 2.75) is 110 Å². The van der Waals surface area contributed by atoms with Crippen molar-refractivity contribution in [2.24, 2.45) is 0 Å². The molecule has 0 atom stereocenters. The van der Waals surface area contributed by atoms with E-state index in [-0.39, 0.29) is 0 Å². The van der Waals surface area contributed by atoms with E-state index in [1.54, 1.807) is 8.47 Å². The number of hydrogen-bond donors (Lipinski definition) is 0. The fourth-order valence-electron chi connectivity index (χ4n) is 7.10. The third kappa shape index (κ3) is 11.7. The first-order valence-electron chi connectivity index (χ1n) is 21.5. The predicted octanol–water partition coefficient (Wildman–Crippen LogP) is 20.3. The second kappa shape index (κ2) is 24.0. The molecule has 6 aliphatic rings. The van der Waals surface area contributed by atoms with E-state index in [4.69, 9.17) is 9.05 Å². The molecule has 0 aromatic heterocycles. The van der Waals surface area contributed by atoms with E-state index in [0.717, 1.165) is 47.9 Å². The van der Waals surface area contributed by atoms with Crippen molar-refractivity contribution in [1.29, 1.82) is 0 Å². The highest BCUT2D eigenvalue weighted by Gasteiger charge is 2.46. The molecule has 2 aromatic carbocycles. The summed E-state index contributed by atoms with van der Waals surface area (Å²) in [6.45, 7) is 9.74. The number of rotatable bonds is 21. The van der Waals surface area contributed by atoms with Crippen molar-refractivity contribution < 1.29 is 13.6 Å². The van der Waals surface area contributed by atoms with Gasteiger partial charge in [-0.25, -0.2) is 0 Å². The number of thioether (sulfide) groups is 12. The molecular weight excluding hydrogens is 1000 g/mol. The number of hydrogen-bond acceptors (Lipinski definition) is 15. The lowest BCUT2D eigenvalue weighted by Gasteiger charge is -2.35. The van der Waals surface area contributed by atoms with Crippen molar-refractivity contribution >= 4 is 154 Å². The van der Waals surface area contributed by atoms with Gasteiger partial charge in [0.2, 0.25) is 0 Å². The molecule has 2 aromatic rings. The number of benzene rings is 2. The van der Waals surface area contributed by atoms with Crippen LogP contribution in [0.2, 0.25) is 0 Å². The molecule has 328 valence electrons. The molecule has 0 unspecified atom stereocenters. The van der Waals surface area contributed by atoms with Crippen LogP contribution in [0.4, 0.5) is 0 Å². The van der Waals surface area contributed by atoms with Crippen LogP contribution in [0.3, 0.4) is 0 Å². The van der Waals surface area contributed by atoms with Crippen LogP contribution in [0.25, 0.3) is 5.57 Å². The van der Waals surface area contributed by atoms with Crippen molar-refractivity contribution in [3.05, 3.63) is 117 Å². The van der Waals surface area contributed by atoms with Crippen LogP contribution in [0.1, 0.15) is 133 Å². The third-order valence-corrected chi connectivity index (χ3v) is 30.5. The molecule has 0 saturated heterocycles. The lowest BCUT2D eigenvalue weighted by Crippen LogP contribution is -2.17. The van der Waals surface area contributed by atoms with Gasteiger partial charge in [-0.1, -0.05) is 245 Å². The van der Waals surface area contributed by atoms with Crippen LogP contribution in [0.15, 0.2) is 95.1 Å². The Balaban J connectivity index is 0.943. The summed E-state index contributed by atoms with van der Waals surface area (Å²) in [5.41, 5.74) is 5.14. The Kier molecular flexibility index (Phi) is 19.1. The number of unbranched alkanes of at least 4 members (excludes halogenated alkanes) is 8. The molecule has 1 aliphatic carbocycles. The van der Waals surface area contributed by atoms with Crippen LogP contribution in [0.5, 0.6) is 0 Å². The highest BCUT2D eigenvalue weighted by atomic mass is 32.3. The SMILES string of the molecule is CCCCCCSC1=C(SCCCCCC)SC(=C2SC3=C(S2)SC(=C2SC4=C(S2)SC(=C2c5ccccc5C(P(=O)(OCCCC)OCCCC)c5ccccc52)S4)S3)S1. The summed E-state index contributed by atoms with van der Waals surface area (Å²) in [6, 6.07) is 17.1. The highest BCUT2D eigenvalue weighted by molar-refractivity contribution is 8.52. The van der Waals surface area contributed by atoms with Crippen LogP contribution in [-0.2, 0) is 13.6 Å². The zero-order valence-corrected chi connectivity index (χ0v) is 45.8. The molecule has 0 fully saturated rings. The summed E-state index contributed by atoms with van der Waals surface area (Å²) in [4.78, 5) is 0. The average molecular weight is 1060 g/mol. The summed E-state index contributed by atoms with van der Waals surface area (Å²) in [7, 11) is -3.54. The van der Waals surface area contributed by atoms with Gasteiger partial charge in [0.15, 0.2) is 0 Å². The molecule has 5 heterocycles. The van der Waals surface area contributed by atoms with Crippen LogP contribution >= 0.6 is 149 Å². The molecule has 61 heavy (non-hydrogen) atoms. The van der Waals surface area contributed by atoms with Crippen LogP contribution in [0, 0.1) is 0 Å². The Labute approximate surface area is 416 Å². The maximum atomic E-state index is 15.0. The van der Waals surface area contributed by atoms with Crippen LogP contribution in [-0.4, -0.2) is 24.7 Å². The Morgan fingerprint density at radius 2 is 0.820 bits per heavy atom. The van der Waals surface area contributed by atoms with Gasteiger partial charge >= 0.3 is 7.60 Å². The van der Waals surface area contributed by atoms with Gasteiger partial charge in [-0.2, -0.15) is 0 Å². The maximum absolute atomic E-state index is 15.0. The van der Waals surface area contributed by atoms with Crippen molar-refractivity contribution in [1.82, 2.24) is 0 Å². The molecule has 0 bridgehead atoms. The summed E-state index contributed by atoms with van der Waals surface area (Å²) >= 11 is 24.0. The number of fused-ring (bicyclic) bond motifs is 2. The molecule has 16 heteroatoms. The van der Waals surface area contributed by atoms with Gasteiger partial charge in [-0.15, -0.1) is 23.5 Å². The van der Waals surface area contributed by atoms with Crippen molar-refractivity contribution in [3.8, 4) is 0 Å². The molecule has 5 aliphatic heterocycles. The Morgan fingerprint density at radius 1 is 0.459 bits per heavy atom. The van der Waals surface area contributed by atoms with Gasteiger partial charge in [0, 0.05) is 5.57 Å². The minimum Gasteiger partial charge on any atom is -0.308 e. The zero-order valence-electron chi connectivity index (χ0n) is 35.1. The zero-order chi connectivity index (χ0) is 42.2. The second-order valence-electron chi connectivity index (χ2n) is 14.9. The van der Waals surface area contributed by atoms with Gasteiger partial charge in [-0.05, 0) is 59.4 Å². The summed E-state index contributed by atoms with van der Waals surface area (Å²) in [6.07, 6.45) is 14.3. The van der Waals surface area contributed by atoms with E-state index in [0.29, 0.717) is 13.2 Å². The van der Waals surface area contributed by atoms with E-state index >= 15 is 0 Å². The average Bonchev–Trinajstić information content (AvgIpc) is 4.10. The topological polar surface area (TPSA) is 35.5 Å². The summed E-state index contributed by atoms with van der Waals surface area (Å²) < 4.78 is 43.6. The fraction of sp³-hybridized carbons (Fsp3) is 0.467. The Morgan fingerprint density at radius 3 is 1.21 bits per heavy atom. The molecular formula is C45H53O3PS12. The summed E-state index contributed by atoms with van der Waals surface area (Å²) in [5.74, 6) is 2.47. The standard InChI is InChI=1S/C45H53O3PS12/c1-5-9-13-19-27-50-36-37(51-28-20-14-10-6-2)55-40(54-36)41-58-44-45(59-41)61-43(60-44)42-56-38-39(57-42)53-35(52-38)33-29-21-15-17-23-31(29)34(32-24-18-16-22-30(32)33)49(46,47-25-11-7-3)48-26-12-8-4/h15-18,21-24,34H,5-14,19-20,25-28H2,1-4H3. The predicted molar refractivity (Wildman–Crippen MR) is 294 cm³/mol. The first-order valence-corrected chi connectivity index (χ1v) is 33.3. The molecule has 0 radical (unpaired) electrons. The molecule has 0 saturated carbocycles. The Hall–Kier alpha value is 1.23. The van der Waals surface area contributed by atoms with E-state index < -0.39 is 13.3 Å². The van der Waals surface area contributed by atoms with Crippen molar-refractivity contribution in [2.75, 3.05) is 24.7 Å².